The van der Waals surface area contributed by atoms with Gasteiger partial charge in [0.25, 0.3) is 0 Å². The van der Waals surface area contributed by atoms with Crippen LogP contribution in [0.5, 0.6) is 0 Å². The van der Waals surface area contributed by atoms with Crippen molar-refractivity contribution in [3.63, 3.8) is 0 Å². The van der Waals surface area contributed by atoms with Gasteiger partial charge in [-0.25, -0.2) is 0 Å². The molecule has 8 heteroatoms. The van der Waals surface area contributed by atoms with E-state index in [2.05, 4.69) is 0 Å². The predicted octanol–water partition coefficient (Wildman–Crippen LogP) is -2.71. The second-order valence-corrected chi connectivity index (χ2v) is 6.34. The molecule has 0 spiro atoms. The number of hydrogen-bond donors (Lipinski definition) is 4. The third-order valence-corrected chi connectivity index (χ3v) is 3.11. The van der Waals surface area contributed by atoms with Crippen LogP contribution in [0.3, 0.4) is 0 Å². The van der Waals surface area contributed by atoms with Gasteiger partial charge in [0.05, 0.1) is 0 Å². The Morgan fingerprint density at radius 1 is 1.12 bits per heavy atom. The van der Waals surface area contributed by atoms with Crippen LogP contribution < -0.4 is 0 Å². The van der Waals surface area contributed by atoms with Gasteiger partial charge in [-0.3, -0.25) is 4.55 Å². The van der Waals surface area contributed by atoms with Gasteiger partial charge >= 0.3 is 17.5 Å². The van der Waals surface area contributed by atoms with Gasteiger partial charge in [-0.2, -0.15) is 8.42 Å². The van der Waals surface area contributed by atoms with Crippen LogP contribution in [0.15, 0.2) is 0 Å². The summed E-state index contributed by atoms with van der Waals surface area (Å²) >= 11 is 0. The summed E-state index contributed by atoms with van der Waals surface area (Å²) in [7, 11) is -10.4. The van der Waals surface area contributed by atoms with Crippen molar-refractivity contribution in [3.8, 4) is 0 Å². The highest BCUT2D eigenvalue weighted by molar-refractivity contribution is 8.14. The Morgan fingerprint density at radius 2 is 1.25 bits per heavy atom. The minimum atomic E-state index is -5.33. The molecule has 0 amide bonds. The molecule has 0 aliphatic carbocycles. The summed E-state index contributed by atoms with van der Waals surface area (Å²) in [5.74, 6) is 0. The highest BCUT2D eigenvalue weighted by Gasteiger charge is 2.45. The second kappa shape index (κ2) is 1.75. The van der Waals surface area contributed by atoms with Gasteiger partial charge in [-0.05, 0) is 0 Å². The van der Waals surface area contributed by atoms with E-state index in [1.54, 1.807) is 0 Å². The van der Waals surface area contributed by atoms with Crippen molar-refractivity contribution >= 4 is 17.5 Å². The first-order chi connectivity index (χ1) is 3.25. The highest BCUT2D eigenvalue weighted by Crippen LogP contribution is 1.93. The molecule has 0 atom stereocenters. The molecule has 50 valence electrons. The van der Waals surface area contributed by atoms with Gasteiger partial charge in [-0.1, -0.05) is 0 Å². The average molecular weight is 160 g/mol. The van der Waals surface area contributed by atoms with E-state index in [1.807, 2.05) is 0 Å². The summed E-state index contributed by atoms with van der Waals surface area (Å²) < 4.78 is 26.7. The summed E-state index contributed by atoms with van der Waals surface area (Å²) in [6, 6.07) is 0. The molecule has 0 aromatic heterocycles. The third kappa shape index (κ3) is 1.86. The van der Waals surface area contributed by atoms with Crippen molar-refractivity contribution in [1.82, 2.24) is 0 Å². The molecule has 4 N–H and O–H groups in total. The fourth-order valence-corrected chi connectivity index (χ4v) is 0. The number of rotatable bonds is 1. The maximum atomic E-state index is 9.52. The van der Waals surface area contributed by atoms with Crippen molar-refractivity contribution in [2.75, 3.05) is 0 Å². The quantitative estimate of drug-likeness (QED) is 0.245. The van der Waals surface area contributed by atoms with E-state index in [4.69, 9.17) is 18.9 Å². The Balaban J connectivity index is 4.53. The van der Waals surface area contributed by atoms with Crippen LogP contribution in [0.25, 0.3) is 0 Å². The topological polar surface area (TPSA) is 115 Å². The molecule has 0 saturated carbocycles. The van der Waals surface area contributed by atoms with Gasteiger partial charge in [0.1, 0.15) is 0 Å². The van der Waals surface area contributed by atoms with Crippen LogP contribution in [0.1, 0.15) is 0 Å². The molecule has 0 saturated heterocycles. The molecular formula is H4O6SSi. The Kier molecular flexibility index (Phi) is 1.76. The largest absolute Gasteiger partial charge is 0.659 e. The number of hydrogen-bond acceptors (Lipinski definition) is 5. The van der Waals surface area contributed by atoms with E-state index in [9.17, 15) is 8.42 Å². The van der Waals surface area contributed by atoms with Gasteiger partial charge in [-0.15, -0.1) is 0 Å². The lowest BCUT2D eigenvalue weighted by molar-refractivity contribution is 0.250. The van der Waals surface area contributed by atoms with Crippen LogP contribution in [-0.4, -0.2) is 35.3 Å². The predicted molar refractivity (Wildman–Crippen MR) is 24.0 cm³/mol. The molecule has 0 rings (SSSR count). The lowest BCUT2D eigenvalue weighted by atomic mass is 15.8. The summed E-state index contributed by atoms with van der Waals surface area (Å²) in [6.45, 7) is 0. The van der Waals surface area contributed by atoms with Crippen LogP contribution >= 0.6 is 0 Å². The molecule has 0 bridgehead atoms. The highest BCUT2D eigenvalue weighted by atomic mass is 32.4. The van der Waals surface area contributed by atoms with Gasteiger partial charge < -0.3 is 14.4 Å². The zero-order valence-electron chi connectivity index (χ0n) is 3.51. The van der Waals surface area contributed by atoms with Crippen molar-refractivity contribution in [2.45, 2.75) is 0 Å². The van der Waals surface area contributed by atoms with Gasteiger partial charge in [0.2, 0.25) is 0 Å². The smallest absolute Gasteiger partial charge is 0.377 e. The van der Waals surface area contributed by atoms with Crippen molar-refractivity contribution in [3.05, 3.63) is 0 Å². The van der Waals surface area contributed by atoms with Crippen LogP contribution in [0.2, 0.25) is 0 Å². The van der Waals surface area contributed by atoms with Crippen LogP contribution in [0, 0.1) is 0 Å². The molecule has 0 aromatic rings. The van der Waals surface area contributed by atoms with Crippen molar-refractivity contribution in [1.29, 1.82) is 0 Å². The lowest BCUT2D eigenvalue weighted by Crippen LogP contribution is -2.44. The van der Waals surface area contributed by atoms with Gasteiger partial charge in [0.15, 0.2) is 0 Å². The molecule has 6 nitrogen and oxygen atoms in total. The maximum Gasteiger partial charge on any atom is 0.659 e. The summed E-state index contributed by atoms with van der Waals surface area (Å²) in [6.07, 6.45) is 0. The molecule has 0 fully saturated rings. The standard InChI is InChI=1S/H4O6SSi/c1-7(2,3)8(4,5)6/h4-6H,(H,1,2,3). The SMILES string of the molecule is O=S(=O)(O)[Si](O)(O)O. The van der Waals surface area contributed by atoms with Crippen molar-refractivity contribution in [2.24, 2.45) is 0 Å². The Morgan fingerprint density at radius 3 is 1.25 bits per heavy atom. The van der Waals surface area contributed by atoms with Crippen LogP contribution in [-0.2, 0) is 9.57 Å². The third-order valence-electron chi connectivity index (χ3n) is 0.346. The molecule has 0 heterocycles. The van der Waals surface area contributed by atoms with Crippen LogP contribution in [0.4, 0.5) is 0 Å². The van der Waals surface area contributed by atoms with Crippen molar-refractivity contribution < 1.29 is 27.4 Å². The second-order valence-electron chi connectivity index (χ2n) is 1.05. The fraction of sp³-hybridized carbons (Fsp3) is 0. The maximum absolute atomic E-state index is 9.52. The van der Waals surface area contributed by atoms with E-state index in [1.165, 1.54) is 0 Å². The minimum Gasteiger partial charge on any atom is -0.377 e. The molecule has 0 aliphatic rings. The lowest BCUT2D eigenvalue weighted by Gasteiger charge is -2.01. The Hall–Kier alpha value is 0.00688. The van der Waals surface area contributed by atoms with E-state index < -0.39 is 17.5 Å². The fourth-order valence-electron chi connectivity index (χ4n) is 0. The minimum absolute atomic E-state index is 5.03. The van der Waals surface area contributed by atoms with Gasteiger partial charge in [0, 0.05) is 0 Å². The van der Waals surface area contributed by atoms with E-state index in [0.717, 1.165) is 0 Å². The molecule has 8 heavy (non-hydrogen) atoms. The first kappa shape index (κ1) is 8.01. The molecule has 0 radical (unpaired) electrons. The molecule has 0 aromatic carbocycles. The molecule has 0 unspecified atom stereocenters. The summed E-state index contributed by atoms with van der Waals surface area (Å²) in [5, 5.41) is 0. The molecular weight excluding hydrogens is 156 g/mol. The first-order valence-corrected chi connectivity index (χ1v) is 5.40. The zero-order chi connectivity index (χ0) is 7.00. The molecule has 0 aliphatic heterocycles. The summed E-state index contributed by atoms with van der Waals surface area (Å²) in [4.78, 5) is 23.3. The van der Waals surface area contributed by atoms with E-state index in [-0.39, 0.29) is 0 Å². The monoisotopic (exact) mass is 160 g/mol. The zero-order valence-corrected chi connectivity index (χ0v) is 5.33. The Labute approximate surface area is 45.8 Å². The van der Waals surface area contributed by atoms with E-state index in [0.29, 0.717) is 0 Å². The average Bonchev–Trinajstić information content (AvgIpc) is 1.25. The summed E-state index contributed by atoms with van der Waals surface area (Å²) in [5.41, 5.74) is 0. The van der Waals surface area contributed by atoms with E-state index >= 15 is 0 Å². The first-order valence-electron chi connectivity index (χ1n) is 1.39. The normalized spacial score (nSPS) is 14.0. The Bertz CT molecular complexity index is 157.